The van der Waals surface area contributed by atoms with E-state index in [1.807, 2.05) is 0 Å². The quantitative estimate of drug-likeness (QED) is 0.134. The summed E-state index contributed by atoms with van der Waals surface area (Å²) in [6, 6.07) is 16.8. The van der Waals surface area contributed by atoms with Gasteiger partial charge in [-0.15, -0.1) is 10.2 Å². The molecule has 12 nitrogen and oxygen atoms in total. The highest BCUT2D eigenvalue weighted by atomic mass is 16.6. The molecule has 3 N–H and O–H groups in total. The highest BCUT2D eigenvalue weighted by molar-refractivity contribution is 6.12. The molecule has 0 aliphatic rings. The van der Waals surface area contributed by atoms with Gasteiger partial charge in [0.1, 0.15) is 22.9 Å². The molecule has 0 radical (unpaired) electrons. The van der Waals surface area contributed by atoms with E-state index in [0.717, 1.165) is 0 Å². The summed E-state index contributed by atoms with van der Waals surface area (Å²) in [5.41, 5.74) is 0.213. The van der Waals surface area contributed by atoms with Crippen LogP contribution in [0.2, 0.25) is 0 Å². The summed E-state index contributed by atoms with van der Waals surface area (Å²) in [4.78, 5) is 36.2. The number of hydrogen-bond acceptors (Lipinski definition) is 9. The fourth-order valence-electron chi connectivity index (χ4n) is 3.95. The average Bonchev–Trinajstić information content (AvgIpc) is 2.96. The van der Waals surface area contributed by atoms with Gasteiger partial charge in [0.2, 0.25) is 0 Å². The zero-order chi connectivity index (χ0) is 28.8. The van der Waals surface area contributed by atoms with E-state index in [1.165, 1.54) is 44.5 Å². The van der Waals surface area contributed by atoms with Gasteiger partial charge < -0.3 is 25.2 Å². The standard InChI is InChI=1S/C28H25N5O7/c1-4-40-24-12-10-18(33(37)38)15-21(24)30-28(36)20-13-16-7-5-6-8-19(16)25(26(20)34)32-31-22-14-17(27(35)29-2)9-11-23(22)39-3/h5-15,34H,4H2,1-3H3,(H,29,35)(H,30,36). The van der Waals surface area contributed by atoms with E-state index in [4.69, 9.17) is 9.47 Å². The Balaban J connectivity index is 1.80. The monoisotopic (exact) mass is 543 g/mol. The number of phenolic OH excluding ortho intramolecular Hbond substituents is 1. The lowest BCUT2D eigenvalue weighted by Crippen LogP contribution is -2.17. The Labute approximate surface area is 228 Å². The molecular weight excluding hydrogens is 518 g/mol. The van der Waals surface area contributed by atoms with Gasteiger partial charge in [0, 0.05) is 30.1 Å². The molecule has 204 valence electrons. The summed E-state index contributed by atoms with van der Waals surface area (Å²) >= 11 is 0. The lowest BCUT2D eigenvalue weighted by molar-refractivity contribution is -0.384. The summed E-state index contributed by atoms with van der Waals surface area (Å²) in [6.07, 6.45) is 0. The van der Waals surface area contributed by atoms with Crippen molar-refractivity contribution in [2.45, 2.75) is 6.92 Å². The summed E-state index contributed by atoms with van der Waals surface area (Å²) in [7, 11) is 2.94. The van der Waals surface area contributed by atoms with Crippen molar-refractivity contribution in [2.24, 2.45) is 10.2 Å². The third-order valence-corrected chi connectivity index (χ3v) is 5.89. The molecule has 4 aromatic carbocycles. The Morgan fingerprint density at radius 2 is 1.75 bits per heavy atom. The van der Waals surface area contributed by atoms with Crippen LogP contribution in [0.25, 0.3) is 10.8 Å². The number of methoxy groups -OCH3 is 1. The molecular formula is C28H25N5O7. The molecule has 0 unspecified atom stereocenters. The summed E-state index contributed by atoms with van der Waals surface area (Å²) in [6.45, 7) is 2.00. The minimum atomic E-state index is -0.750. The maximum atomic E-state index is 13.4. The molecule has 2 amide bonds. The molecule has 4 aromatic rings. The number of nitrogens with zero attached hydrogens (tertiary/aromatic N) is 3. The second-order valence-corrected chi connectivity index (χ2v) is 8.33. The van der Waals surface area contributed by atoms with Crippen molar-refractivity contribution in [3.63, 3.8) is 0 Å². The van der Waals surface area contributed by atoms with Crippen LogP contribution >= 0.6 is 0 Å². The summed E-state index contributed by atoms with van der Waals surface area (Å²) in [5, 5.41) is 37.2. The lowest BCUT2D eigenvalue weighted by Gasteiger charge is -2.14. The smallest absolute Gasteiger partial charge is 0.271 e. The van der Waals surface area contributed by atoms with E-state index < -0.39 is 16.6 Å². The molecule has 40 heavy (non-hydrogen) atoms. The summed E-state index contributed by atoms with van der Waals surface area (Å²) < 4.78 is 10.8. The number of nitrogens with one attached hydrogen (secondary N) is 2. The van der Waals surface area contributed by atoms with Crippen LogP contribution in [0.1, 0.15) is 27.6 Å². The number of amides is 2. The van der Waals surface area contributed by atoms with E-state index in [9.17, 15) is 24.8 Å². The number of benzene rings is 4. The fourth-order valence-corrected chi connectivity index (χ4v) is 3.95. The van der Waals surface area contributed by atoms with Crippen LogP contribution < -0.4 is 20.1 Å². The first-order valence-electron chi connectivity index (χ1n) is 12.1. The van der Waals surface area contributed by atoms with Gasteiger partial charge in [-0.2, -0.15) is 0 Å². The van der Waals surface area contributed by atoms with Gasteiger partial charge in [0.25, 0.3) is 17.5 Å². The van der Waals surface area contributed by atoms with Crippen molar-refractivity contribution in [1.29, 1.82) is 0 Å². The van der Waals surface area contributed by atoms with Gasteiger partial charge in [-0.05, 0) is 42.6 Å². The first kappa shape index (κ1) is 27.5. The van der Waals surface area contributed by atoms with Crippen LogP contribution in [0.3, 0.4) is 0 Å². The molecule has 12 heteroatoms. The molecule has 0 saturated heterocycles. The number of rotatable bonds is 9. The first-order valence-corrected chi connectivity index (χ1v) is 12.1. The Morgan fingerprint density at radius 3 is 2.45 bits per heavy atom. The van der Waals surface area contributed by atoms with Crippen LogP contribution in [-0.2, 0) is 0 Å². The average molecular weight is 544 g/mol. The molecule has 0 atom stereocenters. The third-order valence-electron chi connectivity index (χ3n) is 5.89. The zero-order valence-electron chi connectivity index (χ0n) is 21.8. The van der Waals surface area contributed by atoms with Gasteiger partial charge in [0.05, 0.1) is 29.9 Å². The van der Waals surface area contributed by atoms with Crippen LogP contribution in [0.15, 0.2) is 77.0 Å². The van der Waals surface area contributed by atoms with E-state index >= 15 is 0 Å². The zero-order valence-corrected chi connectivity index (χ0v) is 21.8. The van der Waals surface area contributed by atoms with Crippen molar-refractivity contribution in [3.8, 4) is 17.2 Å². The van der Waals surface area contributed by atoms with Crippen molar-refractivity contribution in [2.75, 3.05) is 26.1 Å². The number of carbonyl (C=O) groups excluding carboxylic acids is 2. The molecule has 0 fully saturated rings. The number of carbonyl (C=O) groups is 2. The second kappa shape index (κ2) is 11.9. The molecule has 4 rings (SSSR count). The second-order valence-electron chi connectivity index (χ2n) is 8.33. The van der Waals surface area contributed by atoms with E-state index in [1.54, 1.807) is 43.3 Å². The van der Waals surface area contributed by atoms with Gasteiger partial charge in [-0.25, -0.2) is 0 Å². The predicted molar refractivity (Wildman–Crippen MR) is 148 cm³/mol. The Hall–Kier alpha value is -5.52. The Bertz CT molecular complexity index is 1650. The molecule has 0 bridgehead atoms. The number of fused-ring (bicyclic) bond motifs is 1. The topological polar surface area (TPSA) is 165 Å². The van der Waals surface area contributed by atoms with E-state index in [2.05, 4.69) is 20.9 Å². The third kappa shape index (κ3) is 5.65. The normalized spacial score (nSPS) is 10.9. The van der Waals surface area contributed by atoms with Crippen LogP contribution in [0.5, 0.6) is 17.2 Å². The minimum Gasteiger partial charge on any atom is -0.505 e. The Morgan fingerprint density at radius 1 is 1.00 bits per heavy atom. The molecule has 0 aliphatic heterocycles. The van der Waals surface area contributed by atoms with Gasteiger partial charge in [0.15, 0.2) is 5.75 Å². The van der Waals surface area contributed by atoms with Gasteiger partial charge in [-0.3, -0.25) is 19.7 Å². The van der Waals surface area contributed by atoms with E-state index in [-0.39, 0.29) is 46.6 Å². The largest absolute Gasteiger partial charge is 0.505 e. The highest BCUT2D eigenvalue weighted by Gasteiger charge is 2.21. The molecule has 0 heterocycles. The van der Waals surface area contributed by atoms with Crippen molar-refractivity contribution in [1.82, 2.24) is 5.32 Å². The SMILES string of the molecule is CCOc1ccc([N+](=O)[O-])cc1NC(=O)c1cc2ccccc2c(N=Nc2cc(C(=O)NC)ccc2OC)c1O. The first-order chi connectivity index (χ1) is 19.3. The van der Waals surface area contributed by atoms with E-state index in [0.29, 0.717) is 22.1 Å². The predicted octanol–water partition coefficient (Wildman–Crippen LogP) is 5.89. The molecule has 0 spiro atoms. The van der Waals surface area contributed by atoms with Crippen LogP contribution in [0.4, 0.5) is 22.7 Å². The number of aromatic hydroxyl groups is 1. The number of nitro groups is 1. The van der Waals surface area contributed by atoms with Crippen molar-refractivity contribution >= 4 is 45.3 Å². The minimum absolute atomic E-state index is 0.000256. The number of phenols is 1. The van der Waals surface area contributed by atoms with Crippen LogP contribution in [-0.4, -0.2) is 42.6 Å². The van der Waals surface area contributed by atoms with Gasteiger partial charge in [-0.1, -0.05) is 24.3 Å². The number of ether oxygens (including phenoxy) is 2. The molecule has 0 aromatic heterocycles. The van der Waals surface area contributed by atoms with Crippen LogP contribution in [0, 0.1) is 10.1 Å². The van der Waals surface area contributed by atoms with Crippen molar-refractivity contribution < 1.29 is 29.1 Å². The maximum absolute atomic E-state index is 13.4. The highest BCUT2D eigenvalue weighted by Crippen LogP contribution is 2.41. The number of non-ortho nitro benzene ring substituents is 1. The Kier molecular flexibility index (Phi) is 8.19. The van der Waals surface area contributed by atoms with Gasteiger partial charge >= 0.3 is 0 Å². The molecule has 0 aliphatic carbocycles. The maximum Gasteiger partial charge on any atom is 0.271 e. The number of anilines is 1. The summed E-state index contributed by atoms with van der Waals surface area (Å²) in [5.74, 6) is -0.989. The fraction of sp³-hybridized carbons (Fsp3) is 0.143. The molecule has 0 saturated carbocycles. The number of hydrogen-bond donors (Lipinski definition) is 3. The number of nitro benzene ring substituents is 1. The lowest BCUT2D eigenvalue weighted by atomic mass is 10.0. The number of azo groups is 1. The van der Waals surface area contributed by atoms with Crippen molar-refractivity contribution in [3.05, 3.63) is 88.0 Å².